The van der Waals surface area contributed by atoms with Crippen molar-refractivity contribution in [1.82, 2.24) is 0 Å². The van der Waals surface area contributed by atoms with Gasteiger partial charge in [-0.1, -0.05) is 6.92 Å². The number of ketones is 1. The lowest BCUT2D eigenvalue weighted by Crippen LogP contribution is -2.54. The molecule has 4 nitrogen and oxygen atoms in total. The van der Waals surface area contributed by atoms with Crippen molar-refractivity contribution in [3.63, 3.8) is 0 Å². The van der Waals surface area contributed by atoms with Gasteiger partial charge in [0.1, 0.15) is 0 Å². The van der Waals surface area contributed by atoms with Crippen LogP contribution in [-0.2, 0) is 14.3 Å². The standard InChI is InChI=1S/C8H12O4/c1-2-3-6(9)8(7(10)11)4-12-5-8/h2-5H2,1H3,(H,10,11). The van der Waals surface area contributed by atoms with E-state index in [4.69, 9.17) is 9.84 Å². The van der Waals surface area contributed by atoms with Gasteiger partial charge in [0.25, 0.3) is 0 Å². The van der Waals surface area contributed by atoms with E-state index < -0.39 is 11.4 Å². The average molecular weight is 172 g/mol. The van der Waals surface area contributed by atoms with Gasteiger partial charge in [-0.15, -0.1) is 0 Å². The largest absolute Gasteiger partial charge is 0.480 e. The second-order valence-electron chi connectivity index (χ2n) is 3.05. The molecule has 4 heteroatoms. The first kappa shape index (κ1) is 9.19. The lowest BCUT2D eigenvalue weighted by atomic mass is 9.80. The minimum absolute atomic E-state index is 0.0428. The van der Waals surface area contributed by atoms with Gasteiger partial charge in [0.15, 0.2) is 11.2 Å². The molecule has 0 spiro atoms. The number of Topliss-reactive ketones (excluding diaryl/α,β-unsaturated/α-hetero) is 1. The zero-order valence-electron chi connectivity index (χ0n) is 7.00. The molecule has 1 heterocycles. The van der Waals surface area contributed by atoms with Gasteiger partial charge >= 0.3 is 5.97 Å². The van der Waals surface area contributed by atoms with Gasteiger partial charge < -0.3 is 9.84 Å². The fourth-order valence-corrected chi connectivity index (χ4v) is 1.18. The van der Waals surface area contributed by atoms with Crippen LogP contribution in [0.1, 0.15) is 19.8 Å². The van der Waals surface area contributed by atoms with Crippen molar-refractivity contribution >= 4 is 11.8 Å². The molecule has 0 aromatic carbocycles. The Hall–Kier alpha value is -0.900. The van der Waals surface area contributed by atoms with Crippen molar-refractivity contribution in [2.75, 3.05) is 13.2 Å². The summed E-state index contributed by atoms with van der Waals surface area (Å²) in [5, 5.41) is 8.78. The summed E-state index contributed by atoms with van der Waals surface area (Å²) in [6.07, 6.45) is 1.02. The van der Waals surface area contributed by atoms with E-state index in [-0.39, 0.29) is 19.0 Å². The van der Waals surface area contributed by atoms with Crippen LogP contribution >= 0.6 is 0 Å². The number of carbonyl (C=O) groups is 2. The highest BCUT2D eigenvalue weighted by Crippen LogP contribution is 2.30. The van der Waals surface area contributed by atoms with Gasteiger partial charge in [0.05, 0.1) is 13.2 Å². The maximum absolute atomic E-state index is 11.3. The molecular formula is C8H12O4. The van der Waals surface area contributed by atoms with Crippen LogP contribution in [0.15, 0.2) is 0 Å². The molecule has 0 saturated carbocycles. The van der Waals surface area contributed by atoms with Gasteiger partial charge in [-0.05, 0) is 6.42 Å². The molecule has 1 saturated heterocycles. The van der Waals surface area contributed by atoms with Crippen LogP contribution in [0.3, 0.4) is 0 Å². The second-order valence-corrected chi connectivity index (χ2v) is 3.05. The summed E-state index contributed by atoms with van der Waals surface area (Å²) in [5.74, 6) is -1.25. The Morgan fingerprint density at radius 2 is 2.08 bits per heavy atom. The normalized spacial score (nSPS) is 19.8. The molecule has 12 heavy (non-hydrogen) atoms. The molecule has 0 aromatic rings. The molecule has 0 aromatic heterocycles. The van der Waals surface area contributed by atoms with E-state index in [2.05, 4.69) is 0 Å². The molecule has 0 unspecified atom stereocenters. The third-order valence-electron chi connectivity index (χ3n) is 2.12. The van der Waals surface area contributed by atoms with Gasteiger partial charge in [-0.2, -0.15) is 0 Å². The fraction of sp³-hybridized carbons (Fsp3) is 0.750. The number of hydrogen-bond donors (Lipinski definition) is 1. The van der Waals surface area contributed by atoms with Crippen molar-refractivity contribution in [2.24, 2.45) is 5.41 Å². The molecular weight excluding hydrogens is 160 g/mol. The number of aliphatic carboxylic acids is 1. The Morgan fingerprint density at radius 3 is 2.33 bits per heavy atom. The van der Waals surface area contributed by atoms with Crippen LogP contribution in [0.4, 0.5) is 0 Å². The van der Waals surface area contributed by atoms with Crippen molar-refractivity contribution in [3.05, 3.63) is 0 Å². The summed E-state index contributed by atoms with van der Waals surface area (Å²) >= 11 is 0. The van der Waals surface area contributed by atoms with Crippen molar-refractivity contribution < 1.29 is 19.4 Å². The van der Waals surface area contributed by atoms with Crippen LogP contribution in [0.2, 0.25) is 0 Å². The topological polar surface area (TPSA) is 63.6 Å². The molecule has 0 amide bonds. The highest BCUT2D eigenvalue weighted by molar-refractivity contribution is 6.04. The lowest BCUT2D eigenvalue weighted by molar-refractivity contribution is -0.184. The Balaban J connectivity index is 2.67. The Bertz CT molecular complexity index is 205. The highest BCUT2D eigenvalue weighted by Gasteiger charge is 2.51. The van der Waals surface area contributed by atoms with E-state index in [9.17, 15) is 9.59 Å². The lowest BCUT2D eigenvalue weighted by Gasteiger charge is -2.35. The summed E-state index contributed by atoms with van der Waals surface area (Å²) in [6, 6.07) is 0. The number of carbonyl (C=O) groups excluding carboxylic acids is 1. The number of carboxylic acid groups (broad SMARTS) is 1. The molecule has 1 N–H and O–H groups in total. The van der Waals surface area contributed by atoms with Crippen LogP contribution < -0.4 is 0 Å². The van der Waals surface area contributed by atoms with Crippen molar-refractivity contribution in [3.8, 4) is 0 Å². The van der Waals surface area contributed by atoms with E-state index in [0.717, 1.165) is 0 Å². The Morgan fingerprint density at radius 1 is 1.50 bits per heavy atom. The zero-order valence-corrected chi connectivity index (χ0v) is 7.00. The van der Waals surface area contributed by atoms with Crippen LogP contribution in [0.5, 0.6) is 0 Å². The Labute approximate surface area is 70.5 Å². The smallest absolute Gasteiger partial charge is 0.322 e. The first-order chi connectivity index (χ1) is 5.63. The van der Waals surface area contributed by atoms with Gasteiger partial charge in [0.2, 0.25) is 0 Å². The molecule has 68 valence electrons. The zero-order chi connectivity index (χ0) is 9.19. The number of carboxylic acids is 1. The van der Waals surface area contributed by atoms with E-state index in [1.54, 1.807) is 0 Å². The Kier molecular flexibility index (Phi) is 2.47. The van der Waals surface area contributed by atoms with Gasteiger partial charge in [0, 0.05) is 6.42 Å². The minimum atomic E-state index is -1.21. The summed E-state index contributed by atoms with van der Waals surface area (Å²) in [5.41, 5.74) is -1.21. The quantitative estimate of drug-likeness (QED) is 0.625. The van der Waals surface area contributed by atoms with E-state index in [1.165, 1.54) is 0 Å². The molecule has 0 radical (unpaired) electrons. The maximum Gasteiger partial charge on any atom is 0.322 e. The average Bonchev–Trinajstić information content (AvgIpc) is 1.83. The molecule has 1 fully saturated rings. The predicted octanol–water partition coefficient (Wildman–Crippen LogP) is 0.457. The van der Waals surface area contributed by atoms with Crippen LogP contribution in [0.25, 0.3) is 0 Å². The van der Waals surface area contributed by atoms with Crippen LogP contribution in [0, 0.1) is 5.41 Å². The fourth-order valence-electron chi connectivity index (χ4n) is 1.18. The van der Waals surface area contributed by atoms with Gasteiger partial charge in [-0.25, -0.2) is 0 Å². The molecule has 1 aliphatic heterocycles. The molecule has 0 atom stereocenters. The molecule has 0 bridgehead atoms. The predicted molar refractivity (Wildman–Crippen MR) is 40.8 cm³/mol. The maximum atomic E-state index is 11.3. The number of ether oxygens (including phenoxy) is 1. The summed E-state index contributed by atoms with van der Waals surface area (Å²) in [7, 11) is 0. The second kappa shape index (κ2) is 3.23. The summed E-state index contributed by atoms with van der Waals surface area (Å²) in [6.45, 7) is 1.94. The molecule has 1 rings (SSSR count). The van der Waals surface area contributed by atoms with E-state index >= 15 is 0 Å². The van der Waals surface area contributed by atoms with Crippen LogP contribution in [-0.4, -0.2) is 30.1 Å². The van der Waals surface area contributed by atoms with Gasteiger partial charge in [-0.3, -0.25) is 9.59 Å². The van der Waals surface area contributed by atoms with E-state index in [0.29, 0.717) is 12.8 Å². The number of hydrogen-bond acceptors (Lipinski definition) is 3. The summed E-state index contributed by atoms with van der Waals surface area (Å²) in [4.78, 5) is 22.0. The minimum Gasteiger partial charge on any atom is -0.480 e. The van der Waals surface area contributed by atoms with E-state index in [1.807, 2.05) is 6.92 Å². The highest BCUT2D eigenvalue weighted by atomic mass is 16.5. The molecule has 1 aliphatic rings. The third kappa shape index (κ3) is 1.22. The van der Waals surface area contributed by atoms with Crippen molar-refractivity contribution in [1.29, 1.82) is 0 Å². The van der Waals surface area contributed by atoms with Crippen molar-refractivity contribution in [2.45, 2.75) is 19.8 Å². The number of rotatable bonds is 4. The SMILES string of the molecule is CCCC(=O)C1(C(=O)O)COC1. The first-order valence-corrected chi connectivity index (χ1v) is 3.98. The third-order valence-corrected chi connectivity index (χ3v) is 2.12. The molecule has 0 aliphatic carbocycles. The monoisotopic (exact) mass is 172 g/mol. The summed E-state index contributed by atoms with van der Waals surface area (Å²) < 4.78 is 4.77. The first-order valence-electron chi connectivity index (χ1n) is 3.98.